The van der Waals surface area contributed by atoms with E-state index in [0.29, 0.717) is 0 Å². The minimum absolute atomic E-state index is 1.35. The van der Waals surface area contributed by atoms with Crippen molar-refractivity contribution >= 4 is 33.4 Å². The van der Waals surface area contributed by atoms with Gasteiger partial charge in [-0.1, -0.05) is 24.3 Å². The molecule has 0 aliphatic carbocycles. The number of benzene rings is 1. The van der Waals surface area contributed by atoms with Crippen molar-refractivity contribution in [1.29, 1.82) is 0 Å². The van der Waals surface area contributed by atoms with Crippen LogP contribution in [-0.2, 0) is 0 Å². The van der Waals surface area contributed by atoms with Gasteiger partial charge in [0.15, 0.2) is 0 Å². The highest BCUT2D eigenvalue weighted by Gasteiger charge is 1.87. The summed E-state index contributed by atoms with van der Waals surface area (Å²) < 4.78 is 4.31. The molecule has 0 bridgehead atoms. The van der Waals surface area contributed by atoms with Crippen LogP contribution in [0.15, 0.2) is 59.5 Å². The molecule has 1 aliphatic rings. The standard InChI is InChI=1S/C8H6S.C4H5NS/c1-2-4-8-7(3-1)5-6-9-8;1-2-4-6-5-3-1/h1-6H;1-5H. The number of fused-ring (bicyclic) bond motifs is 1. The van der Waals surface area contributed by atoms with Crippen molar-refractivity contribution in [2.45, 2.75) is 0 Å². The molecule has 0 unspecified atom stereocenters. The smallest absolute Gasteiger partial charge is 0.0342 e. The lowest BCUT2D eigenvalue weighted by molar-refractivity contribution is 1.42. The number of hydrogen-bond donors (Lipinski definition) is 1. The number of thiophene rings is 1. The molecule has 1 aliphatic heterocycles. The van der Waals surface area contributed by atoms with Crippen LogP contribution >= 0.6 is 23.3 Å². The molecule has 2 aromatic rings. The fourth-order valence-corrected chi connectivity index (χ4v) is 2.36. The third-order valence-electron chi connectivity index (χ3n) is 1.85. The van der Waals surface area contributed by atoms with Gasteiger partial charge in [0.05, 0.1) is 0 Å². The highest BCUT2D eigenvalue weighted by molar-refractivity contribution is 8.00. The Labute approximate surface area is 97.6 Å². The second kappa shape index (κ2) is 5.63. The quantitative estimate of drug-likeness (QED) is 0.685. The molecule has 15 heavy (non-hydrogen) atoms. The maximum absolute atomic E-state index is 2.93. The van der Waals surface area contributed by atoms with E-state index in [9.17, 15) is 0 Å². The Kier molecular flexibility index (Phi) is 3.88. The number of allylic oxidation sites excluding steroid dienone is 2. The molecule has 1 nitrogen and oxygen atoms in total. The van der Waals surface area contributed by atoms with Crippen molar-refractivity contribution in [1.82, 2.24) is 4.72 Å². The summed E-state index contributed by atoms with van der Waals surface area (Å²) in [5.74, 6) is 0. The van der Waals surface area contributed by atoms with Gasteiger partial charge in [-0.05, 0) is 46.3 Å². The zero-order valence-electron chi connectivity index (χ0n) is 8.09. The normalized spacial score (nSPS) is 13.1. The molecular formula is C12H11NS2. The molecule has 0 atom stereocenters. The first kappa shape index (κ1) is 10.3. The van der Waals surface area contributed by atoms with E-state index in [4.69, 9.17) is 0 Å². The maximum atomic E-state index is 2.93. The van der Waals surface area contributed by atoms with Crippen molar-refractivity contribution < 1.29 is 0 Å². The third-order valence-corrected chi connectivity index (χ3v) is 3.31. The minimum atomic E-state index is 1.35. The molecule has 76 valence electrons. The Morgan fingerprint density at radius 3 is 2.53 bits per heavy atom. The van der Waals surface area contributed by atoms with Crippen LogP contribution in [0.3, 0.4) is 0 Å². The van der Waals surface area contributed by atoms with E-state index in [1.807, 2.05) is 23.8 Å². The zero-order valence-corrected chi connectivity index (χ0v) is 9.72. The Hall–Kier alpha value is -1.19. The average molecular weight is 233 g/mol. The van der Waals surface area contributed by atoms with Gasteiger partial charge in [-0.25, -0.2) is 0 Å². The van der Waals surface area contributed by atoms with E-state index >= 15 is 0 Å². The summed E-state index contributed by atoms with van der Waals surface area (Å²) in [7, 11) is 0. The second-order valence-electron chi connectivity index (χ2n) is 2.88. The molecule has 0 spiro atoms. The molecule has 0 fully saturated rings. The van der Waals surface area contributed by atoms with Crippen LogP contribution in [0.25, 0.3) is 10.1 Å². The largest absolute Gasteiger partial charge is 0.333 e. The molecule has 0 amide bonds. The monoisotopic (exact) mass is 233 g/mol. The first-order chi connectivity index (χ1) is 7.47. The van der Waals surface area contributed by atoms with Gasteiger partial charge in [-0.15, -0.1) is 11.3 Å². The van der Waals surface area contributed by atoms with Crippen molar-refractivity contribution in [2.75, 3.05) is 0 Å². The molecule has 0 radical (unpaired) electrons. The number of nitrogens with one attached hydrogen (secondary N) is 1. The average Bonchev–Trinajstić information content (AvgIpc) is 2.80. The summed E-state index contributed by atoms with van der Waals surface area (Å²) >= 11 is 3.36. The molecule has 0 saturated heterocycles. The predicted octanol–water partition coefficient (Wildman–Crippen LogP) is 4.17. The van der Waals surface area contributed by atoms with Crippen LogP contribution in [0.2, 0.25) is 0 Å². The Bertz CT molecular complexity index is 429. The van der Waals surface area contributed by atoms with Crippen LogP contribution in [0.4, 0.5) is 0 Å². The highest BCUT2D eigenvalue weighted by atomic mass is 32.2. The first-order valence-corrected chi connectivity index (χ1v) is 6.38. The fourth-order valence-electron chi connectivity index (χ4n) is 1.16. The lowest BCUT2D eigenvalue weighted by atomic mass is 10.3. The summed E-state index contributed by atoms with van der Waals surface area (Å²) in [5.41, 5.74) is 0. The highest BCUT2D eigenvalue weighted by Crippen LogP contribution is 2.18. The molecule has 1 N–H and O–H groups in total. The summed E-state index contributed by atoms with van der Waals surface area (Å²) in [6.07, 6.45) is 5.84. The number of hydrogen-bond acceptors (Lipinski definition) is 3. The van der Waals surface area contributed by atoms with Gasteiger partial charge in [0.1, 0.15) is 0 Å². The lowest BCUT2D eigenvalue weighted by Gasteiger charge is -1.93. The van der Waals surface area contributed by atoms with E-state index in [-0.39, 0.29) is 0 Å². The Morgan fingerprint density at radius 2 is 1.93 bits per heavy atom. The van der Waals surface area contributed by atoms with E-state index < -0.39 is 0 Å². The van der Waals surface area contributed by atoms with Gasteiger partial charge >= 0.3 is 0 Å². The van der Waals surface area contributed by atoms with Gasteiger partial charge < -0.3 is 4.72 Å². The van der Waals surface area contributed by atoms with Gasteiger partial charge in [-0.2, -0.15) is 0 Å². The van der Waals surface area contributed by atoms with Crippen LogP contribution in [0, 0.1) is 0 Å². The van der Waals surface area contributed by atoms with Gasteiger partial charge in [-0.3, -0.25) is 0 Å². The van der Waals surface area contributed by atoms with E-state index in [2.05, 4.69) is 40.4 Å². The van der Waals surface area contributed by atoms with Crippen molar-refractivity contribution in [3.8, 4) is 0 Å². The number of rotatable bonds is 0. The van der Waals surface area contributed by atoms with Crippen molar-refractivity contribution in [3.05, 3.63) is 59.5 Å². The summed E-state index contributed by atoms with van der Waals surface area (Å²) in [6.45, 7) is 0. The van der Waals surface area contributed by atoms with Crippen LogP contribution in [0.1, 0.15) is 0 Å². The van der Waals surface area contributed by atoms with Crippen molar-refractivity contribution in [3.63, 3.8) is 0 Å². The molecular weight excluding hydrogens is 222 g/mol. The fraction of sp³-hybridized carbons (Fsp3) is 0. The zero-order chi connectivity index (χ0) is 10.3. The lowest BCUT2D eigenvalue weighted by Crippen LogP contribution is -1.88. The maximum Gasteiger partial charge on any atom is 0.0342 e. The summed E-state index contributed by atoms with van der Waals surface area (Å²) in [5, 5.41) is 5.45. The van der Waals surface area contributed by atoms with Crippen LogP contribution < -0.4 is 4.72 Å². The molecule has 3 rings (SSSR count). The molecule has 2 heterocycles. The van der Waals surface area contributed by atoms with Crippen LogP contribution in [0.5, 0.6) is 0 Å². The predicted molar refractivity (Wildman–Crippen MR) is 70.8 cm³/mol. The SMILES string of the molecule is C1=CNSC=C1.c1ccc2sccc2c1. The van der Waals surface area contributed by atoms with Crippen molar-refractivity contribution in [2.24, 2.45) is 0 Å². The van der Waals surface area contributed by atoms with Crippen LogP contribution in [-0.4, -0.2) is 0 Å². The van der Waals surface area contributed by atoms with Gasteiger partial charge in [0.2, 0.25) is 0 Å². The minimum Gasteiger partial charge on any atom is -0.333 e. The van der Waals surface area contributed by atoms with E-state index in [0.717, 1.165) is 0 Å². The van der Waals surface area contributed by atoms with E-state index in [1.54, 1.807) is 23.3 Å². The topological polar surface area (TPSA) is 12.0 Å². The van der Waals surface area contributed by atoms with Gasteiger partial charge in [0, 0.05) is 10.9 Å². The summed E-state index contributed by atoms with van der Waals surface area (Å²) in [6, 6.07) is 10.5. The first-order valence-electron chi connectivity index (χ1n) is 4.62. The Balaban J connectivity index is 0.000000124. The molecule has 1 aromatic carbocycles. The Morgan fingerprint density at radius 1 is 1.00 bits per heavy atom. The third kappa shape index (κ3) is 3.15. The molecule has 1 aromatic heterocycles. The van der Waals surface area contributed by atoms with E-state index in [1.165, 1.54) is 10.1 Å². The molecule has 3 heteroatoms. The van der Waals surface area contributed by atoms with Gasteiger partial charge in [0.25, 0.3) is 0 Å². The summed E-state index contributed by atoms with van der Waals surface area (Å²) in [4.78, 5) is 0. The molecule has 0 saturated carbocycles. The second-order valence-corrected chi connectivity index (χ2v) is 4.57.